The van der Waals surface area contributed by atoms with E-state index in [1.54, 1.807) is 31.2 Å². The first kappa shape index (κ1) is 24.7. The Kier molecular flexibility index (Phi) is 7.32. The first-order valence-electron chi connectivity index (χ1n) is 12.7. The standard InChI is InChI=1S/C30H32N2O5/c1-21-17-28(33)32(29(21)34)27-11-5-4-10-26(27)30(35)37-20-22-7-6-14-31(19-22)15-16-36-25-13-12-23-8-2-3-9-24(23)18-25/h2-5,8-13,17-18,22,33-34H,6-7,14-16,19-20H2,1H3. The number of para-hydroxylation sites is 1. The van der Waals surface area contributed by atoms with E-state index in [4.69, 9.17) is 9.47 Å². The van der Waals surface area contributed by atoms with E-state index in [0.717, 1.165) is 38.2 Å². The van der Waals surface area contributed by atoms with Crippen molar-refractivity contribution in [3.63, 3.8) is 0 Å². The Hall–Kier alpha value is -3.97. The van der Waals surface area contributed by atoms with E-state index in [0.29, 0.717) is 30.0 Å². The summed E-state index contributed by atoms with van der Waals surface area (Å²) in [6.07, 6.45) is 2.04. The maximum absolute atomic E-state index is 13.0. The molecule has 0 bridgehead atoms. The predicted octanol–water partition coefficient (Wildman–Crippen LogP) is 5.30. The molecular weight excluding hydrogens is 468 g/mol. The molecule has 1 aliphatic rings. The number of hydrogen-bond acceptors (Lipinski definition) is 6. The van der Waals surface area contributed by atoms with Gasteiger partial charge in [0, 0.05) is 30.6 Å². The van der Waals surface area contributed by atoms with Crippen LogP contribution in [0, 0.1) is 12.8 Å². The van der Waals surface area contributed by atoms with Crippen molar-refractivity contribution >= 4 is 16.7 Å². The van der Waals surface area contributed by atoms with E-state index in [9.17, 15) is 15.0 Å². The molecule has 1 aliphatic heterocycles. The van der Waals surface area contributed by atoms with Gasteiger partial charge in [-0.1, -0.05) is 42.5 Å². The molecule has 4 aromatic rings. The van der Waals surface area contributed by atoms with Gasteiger partial charge in [0.15, 0.2) is 5.88 Å². The summed E-state index contributed by atoms with van der Waals surface area (Å²) < 4.78 is 13.0. The Morgan fingerprint density at radius 1 is 1.00 bits per heavy atom. The molecule has 1 saturated heterocycles. The fraction of sp³-hybridized carbons (Fsp3) is 0.300. The van der Waals surface area contributed by atoms with E-state index in [1.165, 1.54) is 21.4 Å². The lowest BCUT2D eigenvalue weighted by Gasteiger charge is -2.32. The van der Waals surface area contributed by atoms with Gasteiger partial charge in [0.25, 0.3) is 0 Å². The second-order valence-electron chi connectivity index (χ2n) is 9.63. The summed E-state index contributed by atoms with van der Waals surface area (Å²) in [4.78, 5) is 15.3. The molecule has 192 valence electrons. The van der Waals surface area contributed by atoms with Crippen molar-refractivity contribution < 1.29 is 24.5 Å². The maximum atomic E-state index is 13.0. The molecule has 1 atom stereocenters. The fourth-order valence-electron chi connectivity index (χ4n) is 5.00. The normalized spacial score (nSPS) is 16.1. The summed E-state index contributed by atoms with van der Waals surface area (Å²) in [5.41, 5.74) is 1.19. The minimum absolute atomic E-state index is 0.105. The van der Waals surface area contributed by atoms with Crippen molar-refractivity contribution in [3.8, 4) is 23.2 Å². The number of piperidine rings is 1. The number of carbonyl (C=O) groups is 1. The third-order valence-electron chi connectivity index (χ3n) is 6.95. The first-order chi connectivity index (χ1) is 18.0. The molecule has 1 unspecified atom stereocenters. The van der Waals surface area contributed by atoms with Crippen LogP contribution in [0.2, 0.25) is 0 Å². The highest BCUT2D eigenvalue weighted by Gasteiger charge is 2.24. The number of likely N-dealkylation sites (tertiary alicyclic amines) is 1. The van der Waals surface area contributed by atoms with Crippen LogP contribution in [-0.4, -0.2) is 58.5 Å². The molecule has 0 spiro atoms. The van der Waals surface area contributed by atoms with Crippen molar-refractivity contribution in [2.45, 2.75) is 19.8 Å². The van der Waals surface area contributed by atoms with Gasteiger partial charge in [-0.05, 0) is 61.3 Å². The number of benzene rings is 3. The Morgan fingerprint density at radius 2 is 1.78 bits per heavy atom. The number of fused-ring (bicyclic) bond motifs is 1. The summed E-state index contributed by atoms with van der Waals surface area (Å²) in [6.45, 7) is 5.26. The smallest absolute Gasteiger partial charge is 0.340 e. The van der Waals surface area contributed by atoms with Crippen LogP contribution in [0.3, 0.4) is 0 Å². The van der Waals surface area contributed by atoms with Crippen LogP contribution in [0.5, 0.6) is 17.5 Å². The van der Waals surface area contributed by atoms with Gasteiger partial charge in [0.1, 0.15) is 12.4 Å². The zero-order valence-electron chi connectivity index (χ0n) is 21.0. The maximum Gasteiger partial charge on any atom is 0.340 e. The zero-order valence-corrected chi connectivity index (χ0v) is 21.0. The van der Waals surface area contributed by atoms with Gasteiger partial charge in [-0.25, -0.2) is 4.79 Å². The minimum atomic E-state index is -0.475. The van der Waals surface area contributed by atoms with Crippen molar-refractivity contribution in [1.29, 1.82) is 0 Å². The summed E-state index contributed by atoms with van der Waals surface area (Å²) in [5.74, 6) is 0.393. The van der Waals surface area contributed by atoms with Gasteiger partial charge >= 0.3 is 5.97 Å². The van der Waals surface area contributed by atoms with Gasteiger partial charge < -0.3 is 19.7 Å². The lowest BCUT2D eigenvalue weighted by Crippen LogP contribution is -2.39. The topological polar surface area (TPSA) is 84.2 Å². The molecule has 1 fully saturated rings. The van der Waals surface area contributed by atoms with Crippen LogP contribution in [0.15, 0.2) is 72.8 Å². The summed E-state index contributed by atoms with van der Waals surface area (Å²) >= 11 is 0. The second kappa shape index (κ2) is 11.0. The SMILES string of the molecule is Cc1cc(O)n(-c2ccccc2C(=O)OCC2CCCN(CCOc3ccc4ccccc4c3)C2)c1O. The van der Waals surface area contributed by atoms with Crippen molar-refractivity contribution in [2.75, 3.05) is 32.8 Å². The quantitative estimate of drug-likeness (QED) is 0.320. The number of esters is 1. The number of carbonyl (C=O) groups excluding carboxylic acids is 1. The Balaban J connectivity index is 1.14. The van der Waals surface area contributed by atoms with Crippen LogP contribution in [0.25, 0.3) is 16.5 Å². The van der Waals surface area contributed by atoms with Gasteiger partial charge in [-0.15, -0.1) is 0 Å². The van der Waals surface area contributed by atoms with Gasteiger partial charge in [-0.3, -0.25) is 9.47 Å². The Morgan fingerprint density at radius 3 is 2.59 bits per heavy atom. The third-order valence-corrected chi connectivity index (χ3v) is 6.95. The van der Waals surface area contributed by atoms with Crippen LogP contribution in [0.4, 0.5) is 0 Å². The van der Waals surface area contributed by atoms with Crippen molar-refractivity contribution in [3.05, 3.63) is 83.9 Å². The van der Waals surface area contributed by atoms with Crippen LogP contribution >= 0.6 is 0 Å². The van der Waals surface area contributed by atoms with Crippen molar-refractivity contribution in [2.24, 2.45) is 5.92 Å². The monoisotopic (exact) mass is 500 g/mol. The number of ether oxygens (including phenoxy) is 2. The van der Waals surface area contributed by atoms with Crippen LogP contribution in [0.1, 0.15) is 28.8 Å². The lowest BCUT2D eigenvalue weighted by molar-refractivity contribution is 0.0344. The molecule has 37 heavy (non-hydrogen) atoms. The van der Waals surface area contributed by atoms with Gasteiger partial charge in [0.2, 0.25) is 5.88 Å². The van der Waals surface area contributed by atoms with E-state index >= 15 is 0 Å². The molecule has 3 aromatic carbocycles. The van der Waals surface area contributed by atoms with Crippen molar-refractivity contribution in [1.82, 2.24) is 9.47 Å². The van der Waals surface area contributed by atoms with E-state index in [1.807, 2.05) is 18.2 Å². The largest absolute Gasteiger partial charge is 0.494 e. The number of aromatic nitrogens is 1. The molecule has 0 radical (unpaired) electrons. The van der Waals surface area contributed by atoms with E-state index in [2.05, 4.69) is 29.2 Å². The molecule has 2 N–H and O–H groups in total. The van der Waals surface area contributed by atoms with Gasteiger partial charge in [0.05, 0.1) is 17.9 Å². The lowest BCUT2D eigenvalue weighted by atomic mass is 9.99. The molecule has 0 aliphatic carbocycles. The predicted molar refractivity (Wildman–Crippen MR) is 143 cm³/mol. The van der Waals surface area contributed by atoms with E-state index in [-0.39, 0.29) is 17.7 Å². The highest BCUT2D eigenvalue weighted by atomic mass is 16.5. The average molecular weight is 501 g/mol. The summed E-state index contributed by atoms with van der Waals surface area (Å²) in [6, 6.07) is 22.7. The zero-order chi connectivity index (χ0) is 25.8. The first-order valence-corrected chi connectivity index (χ1v) is 12.7. The molecule has 7 nitrogen and oxygen atoms in total. The third kappa shape index (κ3) is 5.57. The molecular formula is C30H32N2O5. The summed E-state index contributed by atoms with van der Waals surface area (Å²) in [7, 11) is 0. The molecule has 1 aromatic heterocycles. The Labute approximate surface area is 216 Å². The number of rotatable bonds is 8. The second-order valence-corrected chi connectivity index (χ2v) is 9.63. The molecule has 7 heteroatoms. The average Bonchev–Trinajstić information content (AvgIpc) is 3.18. The number of aryl methyl sites for hydroxylation is 1. The van der Waals surface area contributed by atoms with Crippen LogP contribution in [-0.2, 0) is 4.74 Å². The van der Waals surface area contributed by atoms with Gasteiger partial charge in [-0.2, -0.15) is 0 Å². The summed E-state index contributed by atoms with van der Waals surface area (Å²) in [5, 5.41) is 23.0. The number of aromatic hydroxyl groups is 2. The molecule has 5 rings (SSSR count). The molecule has 0 amide bonds. The van der Waals surface area contributed by atoms with Crippen LogP contribution < -0.4 is 4.74 Å². The Bertz CT molecular complexity index is 1400. The minimum Gasteiger partial charge on any atom is -0.494 e. The highest BCUT2D eigenvalue weighted by molar-refractivity contribution is 5.93. The molecule has 2 heterocycles. The number of nitrogens with zero attached hydrogens (tertiary/aromatic N) is 2. The fourth-order valence-corrected chi connectivity index (χ4v) is 5.00. The number of hydrogen-bond donors (Lipinski definition) is 2. The van der Waals surface area contributed by atoms with E-state index < -0.39 is 5.97 Å². The highest BCUT2D eigenvalue weighted by Crippen LogP contribution is 2.32. The molecule has 0 saturated carbocycles.